The third kappa shape index (κ3) is 5.06. The average molecular weight is 617 g/mol. The van der Waals surface area contributed by atoms with Gasteiger partial charge in [-0.25, -0.2) is 9.97 Å². The van der Waals surface area contributed by atoms with Crippen molar-refractivity contribution in [3.8, 4) is 22.3 Å². The number of benzene rings is 7. The second kappa shape index (κ2) is 11.7. The summed E-state index contributed by atoms with van der Waals surface area (Å²) < 4.78 is 11.9. The van der Waals surface area contributed by atoms with Crippen LogP contribution in [0.4, 0.5) is 0 Å². The smallest absolute Gasteiger partial charge is 0.220 e. The number of nitrogens with zero attached hydrogens (tertiary/aromatic N) is 2. The van der Waals surface area contributed by atoms with Gasteiger partial charge in [-0.2, -0.15) is 0 Å². The van der Waals surface area contributed by atoms with E-state index in [0.29, 0.717) is 11.8 Å². The van der Waals surface area contributed by atoms with Crippen molar-refractivity contribution in [3.05, 3.63) is 169 Å². The number of hydrogen-bond acceptors (Lipinski definition) is 4. The molecule has 226 valence electrons. The van der Waals surface area contributed by atoms with E-state index in [1.54, 1.807) is 0 Å². The molecule has 7 aromatic carbocycles. The average Bonchev–Trinajstić information content (AvgIpc) is 3.77. The standard InChI is InChI=1S/C44H28N2O2/c1-3-11-31(12-4-1)43-35-27-29(21-25-41-45-37-15-7-9-17-39(37)47-41)19-23-33(35)34-24-20-30(28-36(34)44(43)32-13-5-2-6-14-32)22-26-42-46-38-16-8-10-18-40(38)48-42/h1-28H/b25-21+,26-22+. The summed E-state index contributed by atoms with van der Waals surface area (Å²) in [7, 11) is 0. The first-order valence-electron chi connectivity index (χ1n) is 16.0. The molecule has 4 heteroatoms. The van der Waals surface area contributed by atoms with Gasteiger partial charge in [0.1, 0.15) is 11.0 Å². The van der Waals surface area contributed by atoms with E-state index in [0.717, 1.165) is 44.5 Å². The van der Waals surface area contributed by atoms with Gasteiger partial charge >= 0.3 is 0 Å². The minimum atomic E-state index is 0.585. The molecule has 0 radical (unpaired) electrons. The molecule has 2 aromatic heterocycles. The van der Waals surface area contributed by atoms with Crippen LogP contribution in [-0.2, 0) is 0 Å². The summed E-state index contributed by atoms with van der Waals surface area (Å²) >= 11 is 0. The van der Waals surface area contributed by atoms with Crippen LogP contribution in [0.15, 0.2) is 154 Å². The number of hydrogen-bond donors (Lipinski definition) is 0. The normalized spacial score (nSPS) is 12.0. The first kappa shape index (κ1) is 27.8. The maximum atomic E-state index is 5.97. The van der Waals surface area contributed by atoms with Crippen molar-refractivity contribution in [2.45, 2.75) is 0 Å². The SMILES string of the molecule is C(=C\c1nc2ccccc2o1)/c1ccc2c(c1)c(-c1ccccc1)c(-c1ccccc1)c1cc(/C=C/c3nc4ccccc4o3)ccc12. The summed E-state index contributed by atoms with van der Waals surface area (Å²) in [4.78, 5) is 9.27. The fourth-order valence-corrected chi connectivity index (χ4v) is 6.55. The summed E-state index contributed by atoms with van der Waals surface area (Å²) in [6.45, 7) is 0. The molecular formula is C44H28N2O2. The number of aromatic nitrogens is 2. The maximum Gasteiger partial charge on any atom is 0.220 e. The van der Waals surface area contributed by atoms with E-state index in [-0.39, 0.29) is 0 Å². The highest BCUT2D eigenvalue weighted by Crippen LogP contribution is 2.45. The van der Waals surface area contributed by atoms with E-state index >= 15 is 0 Å². The molecule has 0 atom stereocenters. The Labute approximate surface area is 276 Å². The van der Waals surface area contributed by atoms with Crippen LogP contribution in [-0.4, -0.2) is 9.97 Å². The van der Waals surface area contributed by atoms with Crippen molar-refractivity contribution < 1.29 is 8.83 Å². The maximum absolute atomic E-state index is 5.97. The van der Waals surface area contributed by atoms with Gasteiger partial charge in [-0.15, -0.1) is 0 Å². The van der Waals surface area contributed by atoms with Gasteiger partial charge in [0, 0.05) is 12.2 Å². The second-order valence-corrected chi connectivity index (χ2v) is 11.8. The van der Waals surface area contributed by atoms with Crippen LogP contribution in [0, 0.1) is 0 Å². The Balaban J connectivity index is 1.25. The van der Waals surface area contributed by atoms with Gasteiger partial charge in [0.25, 0.3) is 0 Å². The topological polar surface area (TPSA) is 52.1 Å². The molecule has 9 rings (SSSR count). The van der Waals surface area contributed by atoms with Gasteiger partial charge in [0.2, 0.25) is 11.8 Å². The first-order valence-corrected chi connectivity index (χ1v) is 16.0. The zero-order valence-corrected chi connectivity index (χ0v) is 25.9. The van der Waals surface area contributed by atoms with Crippen molar-refractivity contribution in [2.24, 2.45) is 0 Å². The van der Waals surface area contributed by atoms with Crippen LogP contribution in [0.25, 0.3) is 90.3 Å². The molecule has 0 unspecified atom stereocenters. The predicted molar refractivity (Wildman–Crippen MR) is 198 cm³/mol. The quantitative estimate of drug-likeness (QED) is 0.174. The lowest BCUT2D eigenvalue weighted by Gasteiger charge is -2.19. The molecule has 9 aromatic rings. The van der Waals surface area contributed by atoms with Crippen LogP contribution in [0.3, 0.4) is 0 Å². The first-order chi connectivity index (χ1) is 23.8. The highest BCUT2D eigenvalue weighted by molar-refractivity contribution is 6.22. The highest BCUT2D eigenvalue weighted by atomic mass is 16.4. The van der Waals surface area contributed by atoms with Crippen molar-refractivity contribution in [1.82, 2.24) is 9.97 Å². The van der Waals surface area contributed by atoms with Gasteiger partial charge in [-0.3, -0.25) is 0 Å². The van der Waals surface area contributed by atoms with Gasteiger partial charge in [0.05, 0.1) is 0 Å². The largest absolute Gasteiger partial charge is 0.437 e. The molecule has 0 fully saturated rings. The minimum Gasteiger partial charge on any atom is -0.437 e. The third-order valence-corrected chi connectivity index (χ3v) is 8.75. The molecule has 0 amide bonds. The zero-order valence-electron chi connectivity index (χ0n) is 25.9. The van der Waals surface area contributed by atoms with Crippen LogP contribution in [0.5, 0.6) is 0 Å². The molecule has 0 saturated carbocycles. The molecule has 0 aliphatic heterocycles. The van der Waals surface area contributed by atoms with E-state index in [9.17, 15) is 0 Å². The van der Waals surface area contributed by atoms with Crippen molar-refractivity contribution >= 4 is 68.0 Å². The molecule has 48 heavy (non-hydrogen) atoms. The predicted octanol–water partition coefficient (Wildman–Crippen LogP) is 12.0. The molecule has 0 aliphatic carbocycles. The van der Waals surface area contributed by atoms with Crippen LogP contribution < -0.4 is 0 Å². The van der Waals surface area contributed by atoms with Gasteiger partial charge in [-0.1, -0.05) is 109 Å². The van der Waals surface area contributed by atoms with Crippen molar-refractivity contribution in [2.75, 3.05) is 0 Å². The molecular weight excluding hydrogens is 588 g/mol. The molecule has 0 saturated heterocycles. The van der Waals surface area contributed by atoms with E-state index in [1.165, 1.54) is 32.7 Å². The summed E-state index contributed by atoms with van der Waals surface area (Å²) in [5.41, 5.74) is 10.1. The summed E-state index contributed by atoms with van der Waals surface area (Å²) in [5.74, 6) is 1.17. The lowest BCUT2D eigenvalue weighted by atomic mass is 9.84. The number of oxazole rings is 2. The number of rotatable bonds is 6. The Bertz CT molecular complexity index is 2410. The summed E-state index contributed by atoms with van der Waals surface area (Å²) in [6.07, 6.45) is 8.03. The van der Waals surface area contributed by atoms with E-state index in [2.05, 4.69) is 119 Å². The van der Waals surface area contributed by atoms with Gasteiger partial charge in [-0.05, 0) is 103 Å². The molecule has 0 spiro atoms. The number of fused-ring (bicyclic) bond motifs is 5. The van der Waals surface area contributed by atoms with Crippen LogP contribution in [0.2, 0.25) is 0 Å². The third-order valence-electron chi connectivity index (χ3n) is 8.75. The summed E-state index contributed by atoms with van der Waals surface area (Å²) in [6, 6.07) is 50.4. The van der Waals surface area contributed by atoms with Crippen molar-refractivity contribution in [3.63, 3.8) is 0 Å². The molecule has 4 nitrogen and oxygen atoms in total. The van der Waals surface area contributed by atoms with E-state index in [4.69, 9.17) is 8.83 Å². The number of para-hydroxylation sites is 4. The summed E-state index contributed by atoms with van der Waals surface area (Å²) in [5, 5.41) is 4.75. The van der Waals surface area contributed by atoms with Crippen LogP contribution in [0.1, 0.15) is 22.9 Å². The van der Waals surface area contributed by atoms with Gasteiger partial charge < -0.3 is 8.83 Å². The lowest BCUT2D eigenvalue weighted by Crippen LogP contribution is -1.93. The molecule has 0 bridgehead atoms. The molecule has 0 N–H and O–H groups in total. The highest BCUT2D eigenvalue weighted by Gasteiger charge is 2.18. The fourth-order valence-electron chi connectivity index (χ4n) is 6.55. The Morgan fingerprint density at radius 3 is 1.23 bits per heavy atom. The lowest BCUT2D eigenvalue weighted by molar-refractivity contribution is 0.589. The van der Waals surface area contributed by atoms with Crippen molar-refractivity contribution in [1.29, 1.82) is 0 Å². The monoisotopic (exact) mass is 616 g/mol. The van der Waals surface area contributed by atoms with Crippen LogP contribution >= 0.6 is 0 Å². The minimum absolute atomic E-state index is 0.585. The Kier molecular flexibility index (Phi) is 6.76. The Morgan fingerprint density at radius 2 is 0.792 bits per heavy atom. The zero-order chi connectivity index (χ0) is 31.9. The van der Waals surface area contributed by atoms with E-state index in [1.807, 2.05) is 60.7 Å². The van der Waals surface area contributed by atoms with E-state index < -0.39 is 0 Å². The molecule has 0 aliphatic rings. The second-order valence-electron chi connectivity index (χ2n) is 11.8. The Morgan fingerprint density at radius 1 is 0.375 bits per heavy atom. The fraction of sp³-hybridized carbons (Fsp3) is 0. The Hall–Kier alpha value is -6.52. The van der Waals surface area contributed by atoms with Gasteiger partial charge in [0.15, 0.2) is 11.2 Å². The molecule has 2 heterocycles.